The molecule has 4 rings (SSSR count). The van der Waals surface area contributed by atoms with Crippen molar-refractivity contribution in [1.29, 1.82) is 0 Å². The first-order valence-corrected chi connectivity index (χ1v) is 6.94. The molecule has 2 atom stereocenters. The summed E-state index contributed by atoms with van der Waals surface area (Å²) in [5, 5.41) is 11.6. The van der Waals surface area contributed by atoms with Gasteiger partial charge >= 0.3 is 0 Å². The molecule has 0 aliphatic carbocycles. The van der Waals surface area contributed by atoms with Gasteiger partial charge in [0.05, 0.1) is 0 Å². The zero-order chi connectivity index (χ0) is 14.1. The predicted molar refractivity (Wildman–Crippen MR) is 77.0 cm³/mol. The Labute approximate surface area is 122 Å². The van der Waals surface area contributed by atoms with Gasteiger partial charge in [-0.3, -0.25) is 0 Å². The molecule has 0 saturated heterocycles. The van der Waals surface area contributed by atoms with Crippen LogP contribution in [-0.4, -0.2) is 26.3 Å². The molecule has 0 bridgehead atoms. The first-order chi connectivity index (χ1) is 10.4. The van der Waals surface area contributed by atoms with Crippen molar-refractivity contribution in [1.82, 2.24) is 20.2 Å². The van der Waals surface area contributed by atoms with Crippen LogP contribution in [-0.2, 0) is 6.42 Å². The molecule has 2 aromatic carbocycles. The van der Waals surface area contributed by atoms with Crippen molar-refractivity contribution in [3.8, 4) is 5.75 Å². The van der Waals surface area contributed by atoms with Crippen LogP contribution in [0.5, 0.6) is 5.75 Å². The second-order valence-electron chi connectivity index (χ2n) is 5.11. The second kappa shape index (κ2) is 5.01. The van der Waals surface area contributed by atoms with Crippen molar-refractivity contribution in [2.45, 2.75) is 18.6 Å². The summed E-state index contributed by atoms with van der Waals surface area (Å²) in [4.78, 5) is 0. The highest BCUT2D eigenvalue weighted by Gasteiger charge is 2.33. The topological polar surface area (TPSA) is 52.8 Å². The molecular weight excluding hydrogens is 264 g/mol. The van der Waals surface area contributed by atoms with Crippen molar-refractivity contribution >= 4 is 0 Å². The molecule has 1 aliphatic heterocycles. The normalized spacial score (nSPS) is 18.0. The number of ether oxygens (including phenoxy) is 1. The number of tetrazole rings is 1. The van der Waals surface area contributed by atoms with Crippen molar-refractivity contribution < 1.29 is 4.74 Å². The highest BCUT2D eigenvalue weighted by Crippen LogP contribution is 2.35. The van der Waals surface area contributed by atoms with Crippen LogP contribution in [0.25, 0.3) is 0 Å². The third kappa shape index (κ3) is 2.16. The maximum atomic E-state index is 6.13. The average Bonchev–Trinajstić information content (AvgIpc) is 3.18. The Hall–Kier alpha value is -2.69. The van der Waals surface area contributed by atoms with Crippen LogP contribution < -0.4 is 4.74 Å². The standard InChI is InChI=1S/C16H14N4O/c1-2-6-12(7-3-1)16(20-11-17-18-19-20)15-10-13-8-4-5-9-14(13)21-15/h1-9,11,15-16H,10H2. The highest BCUT2D eigenvalue weighted by atomic mass is 16.5. The van der Waals surface area contributed by atoms with Gasteiger partial charge in [0.15, 0.2) is 0 Å². The van der Waals surface area contributed by atoms with Gasteiger partial charge in [-0.1, -0.05) is 48.5 Å². The van der Waals surface area contributed by atoms with Gasteiger partial charge in [0.25, 0.3) is 0 Å². The number of hydrogen-bond acceptors (Lipinski definition) is 4. The molecule has 104 valence electrons. The summed E-state index contributed by atoms with van der Waals surface area (Å²) in [6.45, 7) is 0. The number of nitrogens with zero attached hydrogens (tertiary/aromatic N) is 4. The molecule has 0 saturated carbocycles. The number of para-hydroxylation sites is 1. The summed E-state index contributed by atoms with van der Waals surface area (Å²) in [6.07, 6.45) is 2.49. The second-order valence-corrected chi connectivity index (χ2v) is 5.11. The van der Waals surface area contributed by atoms with Crippen LogP contribution in [0.15, 0.2) is 60.9 Å². The van der Waals surface area contributed by atoms with Crippen molar-refractivity contribution in [3.05, 3.63) is 72.1 Å². The Morgan fingerprint density at radius 1 is 1.05 bits per heavy atom. The molecule has 21 heavy (non-hydrogen) atoms. The number of rotatable bonds is 3. The zero-order valence-electron chi connectivity index (χ0n) is 11.3. The van der Waals surface area contributed by atoms with Crippen LogP contribution >= 0.6 is 0 Å². The summed E-state index contributed by atoms with van der Waals surface area (Å²) in [5.74, 6) is 0.955. The molecule has 0 amide bonds. The molecule has 3 aromatic rings. The summed E-state index contributed by atoms with van der Waals surface area (Å²) < 4.78 is 7.90. The minimum absolute atomic E-state index is 0.00620. The lowest BCUT2D eigenvalue weighted by Crippen LogP contribution is -2.29. The Bertz CT molecular complexity index is 702. The van der Waals surface area contributed by atoms with Crippen molar-refractivity contribution in [2.24, 2.45) is 0 Å². The maximum Gasteiger partial charge on any atom is 0.139 e. The van der Waals surface area contributed by atoms with Crippen LogP contribution in [0.2, 0.25) is 0 Å². The van der Waals surface area contributed by atoms with E-state index in [2.05, 4.69) is 33.7 Å². The molecule has 0 fully saturated rings. The lowest BCUT2D eigenvalue weighted by Gasteiger charge is -2.23. The van der Waals surface area contributed by atoms with E-state index >= 15 is 0 Å². The Morgan fingerprint density at radius 2 is 1.86 bits per heavy atom. The fraction of sp³-hybridized carbons (Fsp3) is 0.188. The summed E-state index contributed by atoms with van der Waals surface area (Å²) >= 11 is 0. The van der Waals surface area contributed by atoms with Crippen molar-refractivity contribution in [2.75, 3.05) is 0 Å². The molecule has 2 heterocycles. The third-order valence-electron chi connectivity index (χ3n) is 3.82. The monoisotopic (exact) mass is 278 g/mol. The lowest BCUT2D eigenvalue weighted by molar-refractivity contribution is 0.173. The Kier molecular flexibility index (Phi) is 2.88. The minimum Gasteiger partial charge on any atom is -0.487 e. The van der Waals surface area contributed by atoms with E-state index in [9.17, 15) is 0 Å². The number of hydrogen-bond donors (Lipinski definition) is 0. The summed E-state index contributed by atoms with van der Waals surface area (Å²) in [7, 11) is 0. The lowest BCUT2D eigenvalue weighted by atomic mass is 9.98. The van der Waals surface area contributed by atoms with E-state index in [1.54, 1.807) is 11.0 Å². The Balaban J connectivity index is 1.72. The fourth-order valence-electron chi connectivity index (χ4n) is 2.87. The van der Waals surface area contributed by atoms with Gasteiger partial charge in [-0.2, -0.15) is 0 Å². The largest absolute Gasteiger partial charge is 0.487 e. The summed E-state index contributed by atoms with van der Waals surface area (Å²) in [6, 6.07) is 18.3. The van der Waals surface area contributed by atoms with Crippen LogP contribution in [0.3, 0.4) is 0 Å². The van der Waals surface area contributed by atoms with Gasteiger partial charge in [-0.15, -0.1) is 5.10 Å². The van der Waals surface area contributed by atoms with Gasteiger partial charge in [-0.05, 0) is 27.6 Å². The van der Waals surface area contributed by atoms with Gasteiger partial charge in [0.2, 0.25) is 0 Å². The maximum absolute atomic E-state index is 6.13. The molecule has 1 aliphatic rings. The molecule has 5 heteroatoms. The van der Waals surface area contributed by atoms with E-state index in [1.807, 2.05) is 36.4 Å². The quantitative estimate of drug-likeness (QED) is 0.737. The smallest absolute Gasteiger partial charge is 0.139 e. The van der Waals surface area contributed by atoms with Gasteiger partial charge in [-0.25, -0.2) is 4.68 Å². The van der Waals surface area contributed by atoms with E-state index in [0.29, 0.717) is 0 Å². The molecule has 2 unspecified atom stereocenters. The first-order valence-electron chi connectivity index (χ1n) is 6.94. The molecule has 1 aromatic heterocycles. The van der Waals surface area contributed by atoms with Gasteiger partial charge in [0.1, 0.15) is 24.2 Å². The highest BCUT2D eigenvalue weighted by molar-refractivity contribution is 5.38. The molecular formula is C16H14N4O. The van der Waals surface area contributed by atoms with E-state index in [4.69, 9.17) is 4.74 Å². The van der Waals surface area contributed by atoms with E-state index < -0.39 is 0 Å². The van der Waals surface area contributed by atoms with Crippen LogP contribution in [0.4, 0.5) is 0 Å². The first kappa shape index (κ1) is 12.1. The van der Waals surface area contributed by atoms with Gasteiger partial charge in [0, 0.05) is 6.42 Å². The zero-order valence-corrected chi connectivity index (χ0v) is 11.3. The molecule has 0 radical (unpaired) electrons. The molecule has 0 N–H and O–H groups in total. The summed E-state index contributed by atoms with van der Waals surface area (Å²) in [5.41, 5.74) is 2.37. The fourth-order valence-corrected chi connectivity index (χ4v) is 2.87. The number of benzene rings is 2. The minimum atomic E-state index is -0.0337. The average molecular weight is 278 g/mol. The Morgan fingerprint density at radius 3 is 2.62 bits per heavy atom. The molecule has 5 nitrogen and oxygen atoms in total. The number of fused-ring (bicyclic) bond motifs is 1. The van der Waals surface area contributed by atoms with Gasteiger partial charge < -0.3 is 4.74 Å². The third-order valence-corrected chi connectivity index (χ3v) is 3.82. The SMILES string of the molecule is c1ccc(C(C2Cc3ccccc3O2)n2cnnn2)cc1. The van der Waals surface area contributed by atoms with Crippen LogP contribution in [0, 0.1) is 0 Å². The number of aromatic nitrogens is 4. The van der Waals surface area contributed by atoms with E-state index in [-0.39, 0.29) is 12.1 Å². The van der Waals surface area contributed by atoms with Crippen molar-refractivity contribution in [3.63, 3.8) is 0 Å². The predicted octanol–water partition coefficient (Wildman–Crippen LogP) is 2.27. The van der Waals surface area contributed by atoms with E-state index in [0.717, 1.165) is 17.7 Å². The van der Waals surface area contributed by atoms with Crippen LogP contribution in [0.1, 0.15) is 17.2 Å². The van der Waals surface area contributed by atoms with E-state index in [1.165, 1.54) is 5.56 Å². The molecule has 0 spiro atoms.